The third-order valence-electron chi connectivity index (χ3n) is 11.3. The molecule has 0 atom stereocenters. The number of para-hydroxylation sites is 2. The zero-order chi connectivity index (χ0) is 37.0. The van der Waals surface area contributed by atoms with Gasteiger partial charge in [-0.3, -0.25) is 0 Å². The van der Waals surface area contributed by atoms with E-state index in [-0.39, 0.29) is 0 Å². The highest BCUT2D eigenvalue weighted by Crippen LogP contribution is 2.49. The van der Waals surface area contributed by atoms with Gasteiger partial charge in [0, 0.05) is 44.0 Å². The fourth-order valence-corrected chi connectivity index (χ4v) is 8.98. The number of aromatic nitrogens is 2. The lowest BCUT2D eigenvalue weighted by Crippen LogP contribution is -1.98. The molecule has 0 aliphatic heterocycles. The van der Waals surface area contributed by atoms with Gasteiger partial charge in [0.25, 0.3) is 0 Å². The molecule has 2 heteroatoms. The summed E-state index contributed by atoms with van der Waals surface area (Å²) in [6.45, 7) is 0. The molecule has 2 aromatic heterocycles. The van der Waals surface area contributed by atoms with Crippen LogP contribution in [0.4, 0.5) is 0 Å². The number of hydrogen-bond acceptors (Lipinski definition) is 0. The van der Waals surface area contributed by atoms with Crippen molar-refractivity contribution >= 4 is 43.4 Å². The fraction of sp³-hybridized carbons (Fsp3) is 0. The monoisotopic (exact) mass is 712 g/mol. The van der Waals surface area contributed by atoms with Crippen molar-refractivity contribution in [3.8, 4) is 56.1 Å². The SMILES string of the molecule is c1ccc(-c2c(-c3ccccc3)n(-c3ccccc3)c3c2ccc2c4ccc5c(-c6ccccc6)c(-c6ccccc6)n(-c6ccccc6)c5c4ccc23)cc1. The van der Waals surface area contributed by atoms with Gasteiger partial charge in [0.2, 0.25) is 0 Å². The first-order valence-electron chi connectivity index (χ1n) is 19.3. The molecule has 0 amide bonds. The van der Waals surface area contributed by atoms with E-state index in [1.807, 2.05) is 0 Å². The first-order valence-corrected chi connectivity index (χ1v) is 19.3. The zero-order valence-electron chi connectivity index (χ0n) is 30.7. The Morgan fingerprint density at radius 2 is 0.482 bits per heavy atom. The number of nitrogens with zero attached hydrogens (tertiary/aromatic N) is 2. The van der Waals surface area contributed by atoms with Crippen molar-refractivity contribution in [2.24, 2.45) is 0 Å². The van der Waals surface area contributed by atoms with Gasteiger partial charge >= 0.3 is 0 Å². The summed E-state index contributed by atoms with van der Waals surface area (Å²) in [4.78, 5) is 0. The average Bonchev–Trinajstić information content (AvgIpc) is 3.83. The minimum Gasteiger partial charge on any atom is -0.308 e. The molecule has 0 aliphatic carbocycles. The highest BCUT2D eigenvalue weighted by Gasteiger charge is 2.26. The first kappa shape index (κ1) is 32.0. The topological polar surface area (TPSA) is 9.86 Å². The Labute approximate surface area is 325 Å². The maximum Gasteiger partial charge on any atom is 0.0620 e. The minimum absolute atomic E-state index is 1.14. The molecule has 262 valence electrons. The Morgan fingerprint density at radius 3 is 0.821 bits per heavy atom. The van der Waals surface area contributed by atoms with Crippen molar-refractivity contribution in [1.82, 2.24) is 9.13 Å². The summed E-state index contributed by atoms with van der Waals surface area (Å²) in [5.41, 5.74) is 14.3. The summed E-state index contributed by atoms with van der Waals surface area (Å²) in [5, 5.41) is 7.38. The predicted molar refractivity (Wildman–Crippen MR) is 237 cm³/mol. The Bertz CT molecular complexity index is 2960. The molecule has 0 saturated heterocycles. The quantitative estimate of drug-likeness (QED) is 0.152. The van der Waals surface area contributed by atoms with E-state index in [9.17, 15) is 0 Å². The zero-order valence-corrected chi connectivity index (χ0v) is 30.7. The predicted octanol–water partition coefficient (Wildman–Crippen LogP) is 14.5. The van der Waals surface area contributed by atoms with Gasteiger partial charge in [-0.15, -0.1) is 0 Å². The van der Waals surface area contributed by atoms with Gasteiger partial charge in [-0.25, -0.2) is 0 Å². The second kappa shape index (κ2) is 13.2. The number of benzene rings is 9. The largest absolute Gasteiger partial charge is 0.308 e. The fourth-order valence-electron chi connectivity index (χ4n) is 8.98. The van der Waals surface area contributed by atoms with Gasteiger partial charge in [-0.1, -0.05) is 194 Å². The van der Waals surface area contributed by atoms with Crippen LogP contribution in [0.15, 0.2) is 218 Å². The molecule has 0 saturated carbocycles. The molecule has 0 N–H and O–H groups in total. The van der Waals surface area contributed by atoms with Gasteiger partial charge in [0.15, 0.2) is 0 Å². The molecule has 2 heterocycles. The second-order valence-electron chi connectivity index (χ2n) is 14.4. The third kappa shape index (κ3) is 4.97. The summed E-state index contributed by atoms with van der Waals surface area (Å²) >= 11 is 0. The Kier molecular flexibility index (Phi) is 7.53. The molecule has 0 aliphatic rings. The molecule has 0 unspecified atom stereocenters. The van der Waals surface area contributed by atoms with Crippen LogP contribution in [0.2, 0.25) is 0 Å². The van der Waals surface area contributed by atoms with Crippen LogP contribution in [0.3, 0.4) is 0 Å². The van der Waals surface area contributed by atoms with E-state index < -0.39 is 0 Å². The van der Waals surface area contributed by atoms with Crippen molar-refractivity contribution in [2.45, 2.75) is 0 Å². The van der Waals surface area contributed by atoms with E-state index in [4.69, 9.17) is 0 Å². The Hall–Kier alpha value is -7.42. The molecule has 0 spiro atoms. The molecule has 0 bridgehead atoms. The minimum atomic E-state index is 1.14. The molecule has 0 radical (unpaired) electrons. The molecular formula is C54H36N2. The molecular weight excluding hydrogens is 677 g/mol. The van der Waals surface area contributed by atoms with Gasteiger partial charge in [-0.05, 0) is 57.3 Å². The first-order chi connectivity index (χ1) is 27.8. The Morgan fingerprint density at radius 1 is 0.214 bits per heavy atom. The van der Waals surface area contributed by atoms with E-state index in [1.165, 1.54) is 88.1 Å². The van der Waals surface area contributed by atoms with Gasteiger partial charge < -0.3 is 9.13 Å². The van der Waals surface area contributed by atoms with Crippen LogP contribution in [0.1, 0.15) is 0 Å². The maximum atomic E-state index is 2.49. The van der Waals surface area contributed by atoms with E-state index in [0.717, 1.165) is 11.4 Å². The lowest BCUT2D eigenvalue weighted by molar-refractivity contribution is 1.14. The van der Waals surface area contributed by atoms with Crippen LogP contribution in [0.5, 0.6) is 0 Å². The van der Waals surface area contributed by atoms with E-state index in [0.29, 0.717) is 0 Å². The summed E-state index contributed by atoms with van der Waals surface area (Å²) in [6, 6.07) is 79.3. The molecule has 9 aromatic carbocycles. The lowest BCUT2D eigenvalue weighted by atomic mass is 9.94. The van der Waals surface area contributed by atoms with Crippen molar-refractivity contribution in [3.05, 3.63) is 218 Å². The molecule has 11 aromatic rings. The number of hydrogen-bond donors (Lipinski definition) is 0. The summed E-state index contributed by atoms with van der Waals surface area (Å²) in [5.74, 6) is 0. The molecule has 0 fully saturated rings. The van der Waals surface area contributed by atoms with Crippen molar-refractivity contribution in [3.63, 3.8) is 0 Å². The van der Waals surface area contributed by atoms with E-state index in [1.54, 1.807) is 0 Å². The van der Waals surface area contributed by atoms with Crippen LogP contribution >= 0.6 is 0 Å². The van der Waals surface area contributed by atoms with E-state index >= 15 is 0 Å². The van der Waals surface area contributed by atoms with Crippen LogP contribution in [-0.4, -0.2) is 9.13 Å². The van der Waals surface area contributed by atoms with Crippen molar-refractivity contribution in [1.29, 1.82) is 0 Å². The van der Waals surface area contributed by atoms with E-state index in [2.05, 4.69) is 228 Å². The second-order valence-corrected chi connectivity index (χ2v) is 14.4. The average molecular weight is 713 g/mol. The molecule has 11 rings (SSSR count). The third-order valence-corrected chi connectivity index (χ3v) is 11.3. The highest BCUT2D eigenvalue weighted by atomic mass is 15.0. The van der Waals surface area contributed by atoms with Gasteiger partial charge in [0.05, 0.1) is 22.4 Å². The van der Waals surface area contributed by atoms with Gasteiger partial charge in [0.1, 0.15) is 0 Å². The summed E-state index contributed by atoms with van der Waals surface area (Å²) in [6.07, 6.45) is 0. The van der Waals surface area contributed by atoms with Gasteiger partial charge in [-0.2, -0.15) is 0 Å². The molecule has 2 nitrogen and oxygen atoms in total. The van der Waals surface area contributed by atoms with Crippen LogP contribution < -0.4 is 0 Å². The summed E-state index contributed by atoms with van der Waals surface area (Å²) < 4.78 is 4.99. The van der Waals surface area contributed by atoms with Crippen LogP contribution in [0.25, 0.3) is 99.5 Å². The standard InChI is InChI=1S/C54H36N2/c1-7-19-37(20-8-1)49-47-35-31-43-44-32-36-48-50(38-21-9-2-10-22-38)52(40-25-13-4-14-26-40)56(42-29-17-6-18-30-42)54(48)46(44)34-33-45(43)53(47)55(41-27-15-5-16-28-41)51(49)39-23-11-3-12-24-39/h1-36H. The van der Waals surface area contributed by atoms with Crippen molar-refractivity contribution in [2.75, 3.05) is 0 Å². The highest BCUT2D eigenvalue weighted by molar-refractivity contribution is 6.26. The maximum absolute atomic E-state index is 2.49. The number of rotatable bonds is 6. The lowest BCUT2D eigenvalue weighted by Gasteiger charge is -2.15. The molecule has 56 heavy (non-hydrogen) atoms. The Balaban J connectivity index is 1.31. The normalized spacial score (nSPS) is 11.6. The summed E-state index contributed by atoms with van der Waals surface area (Å²) in [7, 11) is 0. The smallest absolute Gasteiger partial charge is 0.0620 e. The van der Waals surface area contributed by atoms with Crippen molar-refractivity contribution < 1.29 is 0 Å². The van der Waals surface area contributed by atoms with Crippen LogP contribution in [0, 0.1) is 0 Å². The van der Waals surface area contributed by atoms with Crippen LogP contribution in [-0.2, 0) is 0 Å². The number of fused-ring (bicyclic) bond motifs is 7.